The fourth-order valence-electron chi connectivity index (χ4n) is 4.44. The van der Waals surface area contributed by atoms with Gasteiger partial charge in [-0.25, -0.2) is 9.18 Å². The number of carboxylic acid groups (broad SMARTS) is 1. The molecule has 2 aliphatic rings. The zero-order valence-electron chi connectivity index (χ0n) is 17.4. The first-order valence-corrected chi connectivity index (χ1v) is 10.6. The SMILES string of the molecule is CC1NCc2cc(-c3ccc4c(=O)c(C(=O)O)cn(C5CC5)c4c3OC(F)CF)ccc21. The Kier molecular flexibility index (Phi) is 4.97. The molecule has 1 aliphatic heterocycles. The monoisotopic (exact) mass is 440 g/mol. The van der Waals surface area contributed by atoms with Gasteiger partial charge in [0.25, 0.3) is 6.36 Å². The molecule has 2 heterocycles. The maximum absolute atomic E-state index is 14.2. The number of nitrogens with one attached hydrogen (secondary N) is 1. The molecule has 1 aliphatic carbocycles. The molecular formula is C24H22F2N2O4. The van der Waals surface area contributed by atoms with Gasteiger partial charge in [0.2, 0.25) is 5.43 Å². The van der Waals surface area contributed by atoms with Crippen LogP contribution in [0.1, 0.15) is 53.3 Å². The summed E-state index contributed by atoms with van der Waals surface area (Å²) in [5.74, 6) is -1.28. The van der Waals surface area contributed by atoms with Crippen molar-refractivity contribution in [2.45, 2.75) is 44.8 Å². The van der Waals surface area contributed by atoms with Crippen molar-refractivity contribution >= 4 is 16.9 Å². The van der Waals surface area contributed by atoms with Gasteiger partial charge in [-0.2, -0.15) is 4.39 Å². The second kappa shape index (κ2) is 7.70. The van der Waals surface area contributed by atoms with Crippen LogP contribution < -0.4 is 15.5 Å². The van der Waals surface area contributed by atoms with E-state index in [0.717, 1.165) is 24.0 Å². The van der Waals surface area contributed by atoms with Crippen molar-refractivity contribution < 1.29 is 23.4 Å². The Morgan fingerprint density at radius 1 is 1.31 bits per heavy atom. The molecular weight excluding hydrogens is 418 g/mol. The number of fused-ring (bicyclic) bond motifs is 2. The van der Waals surface area contributed by atoms with Gasteiger partial charge in [0, 0.05) is 30.4 Å². The topological polar surface area (TPSA) is 80.6 Å². The number of aromatic nitrogens is 1. The molecule has 1 aromatic heterocycles. The van der Waals surface area contributed by atoms with Crippen LogP contribution in [0.15, 0.2) is 41.3 Å². The first kappa shape index (κ1) is 20.6. The van der Waals surface area contributed by atoms with E-state index in [2.05, 4.69) is 12.2 Å². The Balaban J connectivity index is 1.80. The van der Waals surface area contributed by atoms with Gasteiger partial charge in [0.1, 0.15) is 5.56 Å². The summed E-state index contributed by atoms with van der Waals surface area (Å²) in [6.07, 6.45) is 0.673. The number of halogens is 2. The Bertz CT molecular complexity index is 1300. The third-order valence-electron chi connectivity index (χ3n) is 6.20. The molecule has 3 aromatic rings. The maximum Gasteiger partial charge on any atom is 0.341 e. The highest BCUT2D eigenvalue weighted by atomic mass is 19.2. The second-order valence-corrected chi connectivity index (χ2v) is 8.35. The van der Waals surface area contributed by atoms with Gasteiger partial charge in [0.15, 0.2) is 12.4 Å². The molecule has 6 nitrogen and oxygen atoms in total. The second-order valence-electron chi connectivity index (χ2n) is 8.35. The normalized spacial score (nSPS) is 18.5. The number of ether oxygens (including phenoxy) is 1. The van der Waals surface area contributed by atoms with E-state index in [1.165, 1.54) is 11.8 Å². The molecule has 0 saturated heterocycles. The Hall–Kier alpha value is -3.26. The van der Waals surface area contributed by atoms with Crippen LogP contribution in [0, 0.1) is 0 Å². The van der Waals surface area contributed by atoms with Gasteiger partial charge in [-0.15, -0.1) is 0 Å². The quantitative estimate of drug-likeness (QED) is 0.590. The van der Waals surface area contributed by atoms with Crippen LogP contribution in [0.3, 0.4) is 0 Å². The minimum Gasteiger partial charge on any atom is -0.477 e. The highest BCUT2D eigenvalue weighted by Crippen LogP contribution is 2.43. The lowest BCUT2D eigenvalue weighted by molar-refractivity contribution is 0.0449. The van der Waals surface area contributed by atoms with Crippen LogP contribution >= 0.6 is 0 Å². The van der Waals surface area contributed by atoms with E-state index in [9.17, 15) is 23.5 Å². The lowest BCUT2D eigenvalue weighted by Gasteiger charge is -2.20. The van der Waals surface area contributed by atoms with E-state index in [1.54, 1.807) is 16.7 Å². The summed E-state index contributed by atoms with van der Waals surface area (Å²) in [4.78, 5) is 24.5. The summed E-state index contributed by atoms with van der Waals surface area (Å²) in [5.41, 5.74) is 2.80. The first-order chi connectivity index (χ1) is 15.4. The fraction of sp³-hybridized carbons (Fsp3) is 0.333. The standard InChI is InChI=1S/C24H22F2N2O4/c1-12-16-5-2-13(8-14(16)10-27-12)17-6-7-18-21(23(17)32-20(26)9-25)28(15-3-4-15)11-19(22(18)29)24(30)31/h2,5-8,11-12,15,20,27H,3-4,9-10H2,1H3,(H,30,31). The zero-order chi connectivity index (χ0) is 22.6. The molecule has 0 spiro atoms. The molecule has 32 heavy (non-hydrogen) atoms. The van der Waals surface area contributed by atoms with Crippen LogP contribution in [-0.2, 0) is 6.54 Å². The van der Waals surface area contributed by atoms with Crippen LogP contribution in [0.5, 0.6) is 5.75 Å². The van der Waals surface area contributed by atoms with Crippen molar-refractivity contribution in [1.82, 2.24) is 9.88 Å². The number of benzene rings is 2. The summed E-state index contributed by atoms with van der Waals surface area (Å²) in [6, 6.07) is 9.22. The molecule has 0 amide bonds. The Morgan fingerprint density at radius 2 is 2.09 bits per heavy atom. The van der Waals surface area contributed by atoms with E-state index >= 15 is 0 Å². The largest absolute Gasteiger partial charge is 0.477 e. The number of carboxylic acids is 1. The van der Waals surface area contributed by atoms with Gasteiger partial charge in [-0.1, -0.05) is 12.1 Å². The third kappa shape index (κ3) is 3.35. The van der Waals surface area contributed by atoms with Crippen molar-refractivity contribution in [3.05, 3.63) is 63.4 Å². The van der Waals surface area contributed by atoms with Gasteiger partial charge >= 0.3 is 5.97 Å². The predicted octanol–water partition coefficient (Wildman–Crippen LogP) is 4.51. The maximum atomic E-state index is 14.2. The number of aromatic carboxylic acids is 1. The minimum atomic E-state index is -2.21. The number of nitrogens with zero attached hydrogens (tertiary/aromatic N) is 1. The average Bonchev–Trinajstić information content (AvgIpc) is 3.56. The molecule has 2 atom stereocenters. The molecule has 2 N–H and O–H groups in total. The summed E-state index contributed by atoms with van der Waals surface area (Å²) in [7, 11) is 0. The predicted molar refractivity (Wildman–Crippen MR) is 116 cm³/mol. The molecule has 1 fully saturated rings. The van der Waals surface area contributed by atoms with Crippen molar-refractivity contribution in [3.8, 4) is 16.9 Å². The number of pyridine rings is 1. The molecule has 8 heteroatoms. The number of carbonyl (C=O) groups is 1. The van der Waals surface area contributed by atoms with Crippen LogP contribution in [0.25, 0.3) is 22.0 Å². The molecule has 0 radical (unpaired) electrons. The highest BCUT2D eigenvalue weighted by Gasteiger charge is 2.30. The van der Waals surface area contributed by atoms with Crippen molar-refractivity contribution in [2.75, 3.05) is 6.67 Å². The summed E-state index contributed by atoms with van der Waals surface area (Å²) < 4.78 is 34.4. The average molecular weight is 440 g/mol. The first-order valence-electron chi connectivity index (χ1n) is 10.6. The number of rotatable bonds is 6. The summed E-state index contributed by atoms with van der Waals surface area (Å²) >= 11 is 0. The van der Waals surface area contributed by atoms with Crippen LogP contribution in [-0.4, -0.2) is 28.7 Å². The van der Waals surface area contributed by atoms with Gasteiger partial charge in [-0.3, -0.25) is 4.79 Å². The van der Waals surface area contributed by atoms with Gasteiger partial charge in [0.05, 0.1) is 10.9 Å². The Morgan fingerprint density at radius 3 is 2.78 bits per heavy atom. The zero-order valence-corrected chi connectivity index (χ0v) is 17.4. The number of hydrogen-bond donors (Lipinski definition) is 2. The van der Waals surface area contributed by atoms with Crippen molar-refractivity contribution in [2.24, 2.45) is 0 Å². The Labute approximate surface area is 182 Å². The van der Waals surface area contributed by atoms with E-state index in [0.29, 0.717) is 17.6 Å². The van der Waals surface area contributed by atoms with E-state index in [4.69, 9.17) is 4.74 Å². The van der Waals surface area contributed by atoms with E-state index in [1.807, 2.05) is 18.2 Å². The number of hydrogen-bond acceptors (Lipinski definition) is 4. The van der Waals surface area contributed by atoms with Gasteiger partial charge in [-0.05, 0) is 54.7 Å². The third-order valence-corrected chi connectivity index (χ3v) is 6.20. The molecule has 166 valence electrons. The molecule has 5 rings (SSSR count). The lowest BCUT2D eigenvalue weighted by atomic mass is 9.96. The fourth-order valence-corrected chi connectivity index (χ4v) is 4.44. The smallest absolute Gasteiger partial charge is 0.341 e. The summed E-state index contributed by atoms with van der Waals surface area (Å²) in [5, 5.41) is 13.0. The molecule has 2 unspecified atom stereocenters. The highest BCUT2D eigenvalue weighted by molar-refractivity contribution is 5.97. The number of alkyl halides is 2. The van der Waals surface area contributed by atoms with E-state index in [-0.39, 0.29) is 28.8 Å². The lowest BCUT2D eigenvalue weighted by Crippen LogP contribution is -2.20. The summed E-state index contributed by atoms with van der Waals surface area (Å²) in [6.45, 7) is 1.42. The van der Waals surface area contributed by atoms with Crippen molar-refractivity contribution in [3.63, 3.8) is 0 Å². The molecule has 1 saturated carbocycles. The van der Waals surface area contributed by atoms with E-state index < -0.39 is 24.4 Å². The minimum absolute atomic E-state index is 0.0256. The van der Waals surface area contributed by atoms with Crippen LogP contribution in [0.2, 0.25) is 0 Å². The van der Waals surface area contributed by atoms with Crippen LogP contribution in [0.4, 0.5) is 8.78 Å². The van der Waals surface area contributed by atoms with Gasteiger partial charge < -0.3 is 19.7 Å². The molecule has 0 bridgehead atoms. The van der Waals surface area contributed by atoms with Crippen molar-refractivity contribution in [1.29, 1.82) is 0 Å². The molecule has 2 aromatic carbocycles.